The Labute approximate surface area is 223 Å². The van der Waals surface area contributed by atoms with Crippen LogP contribution in [0.3, 0.4) is 0 Å². The number of aryl methyl sites for hydroxylation is 1. The van der Waals surface area contributed by atoms with Gasteiger partial charge in [0.05, 0.1) is 18.6 Å². The molecule has 1 aromatic heterocycles. The Hall–Kier alpha value is -3.55. The molecule has 0 amide bonds. The highest BCUT2D eigenvalue weighted by Crippen LogP contribution is 2.38. The molecule has 2 heterocycles. The summed E-state index contributed by atoms with van der Waals surface area (Å²) >= 11 is 5.44. The maximum Gasteiger partial charge on any atom is 0.225 e. The van der Waals surface area contributed by atoms with Crippen LogP contribution in [0, 0.1) is 19.8 Å². The number of nitrogens with zero attached hydrogens (tertiary/aromatic N) is 3. The molecule has 6 nitrogen and oxygen atoms in total. The quantitative estimate of drug-likeness (QED) is 0.221. The normalized spacial score (nSPS) is 17.9. The third kappa shape index (κ3) is 5.73. The lowest BCUT2D eigenvalue weighted by Crippen LogP contribution is -3.12. The van der Waals surface area contributed by atoms with E-state index in [0.717, 1.165) is 47.6 Å². The Kier molecular flexibility index (Phi) is 7.63. The number of thiocarbonyl (C=S) groups is 1. The minimum Gasteiger partial charge on any atom is -0.493 e. The second-order valence-electron chi connectivity index (χ2n) is 10.0. The van der Waals surface area contributed by atoms with Crippen molar-refractivity contribution in [1.82, 2.24) is 4.57 Å². The van der Waals surface area contributed by atoms with Crippen molar-refractivity contribution >= 4 is 39.6 Å². The summed E-state index contributed by atoms with van der Waals surface area (Å²) in [5, 5.41) is 24.1. The topological polar surface area (TPSA) is 66.4 Å². The van der Waals surface area contributed by atoms with Crippen LogP contribution in [0.15, 0.2) is 83.0 Å². The van der Waals surface area contributed by atoms with E-state index in [-0.39, 0.29) is 11.0 Å². The van der Waals surface area contributed by atoms with Crippen LogP contribution in [0.4, 0.5) is 11.4 Å². The van der Waals surface area contributed by atoms with Crippen LogP contribution < -0.4 is 10.2 Å². The van der Waals surface area contributed by atoms with Crippen molar-refractivity contribution in [1.29, 1.82) is 0 Å². The number of benzene rings is 3. The maximum absolute atomic E-state index is 11.2. The summed E-state index contributed by atoms with van der Waals surface area (Å²) in [6.07, 6.45) is 3.52. The van der Waals surface area contributed by atoms with E-state index < -0.39 is 0 Å². The minimum atomic E-state index is 0.137. The molecule has 3 aromatic carbocycles. The molecule has 3 N–H and O–H groups in total. The van der Waals surface area contributed by atoms with Gasteiger partial charge in [0.25, 0.3) is 0 Å². The Morgan fingerprint density at radius 2 is 1.73 bits per heavy atom. The van der Waals surface area contributed by atoms with Gasteiger partial charge < -0.3 is 15.3 Å². The van der Waals surface area contributed by atoms with E-state index in [4.69, 9.17) is 12.2 Å². The van der Waals surface area contributed by atoms with Gasteiger partial charge in [-0.05, 0) is 80.1 Å². The molecular formula is C30H34N5OS+. The van der Waals surface area contributed by atoms with Gasteiger partial charge in [0.15, 0.2) is 12.4 Å². The highest BCUT2D eigenvalue weighted by Gasteiger charge is 2.25. The van der Waals surface area contributed by atoms with Crippen LogP contribution in [0.25, 0.3) is 10.9 Å². The fraction of sp³-hybridized carbons (Fsp3) is 0.300. The van der Waals surface area contributed by atoms with Gasteiger partial charge in [-0.1, -0.05) is 60.7 Å². The van der Waals surface area contributed by atoms with Crippen LogP contribution in [0.1, 0.15) is 29.5 Å². The summed E-state index contributed by atoms with van der Waals surface area (Å²) in [7, 11) is 0. The standard InChI is InChI=1S/C30H33N5OS/c1-21-9-8-13-26(22(21)2)31-30(37)33-32-28-25-12-6-7-14-27(25)35(29(28)36)20-34-17-15-24(16-18-34)19-23-10-4-3-5-11-23/h3-14,24,36H,15-20H2,1-2H3,(H,31,37)/p+1. The van der Waals surface area contributed by atoms with E-state index in [2.05, 4.69) is 58.9 Å². The molecule has 1 aliphatic rings. The van der Waals surface area contributed by atoms with Crippen molar-refractivity contribution < 1.29 is 10.0 Å². The molecule has 1 fully saturated rings. The first-order chi connectivity index (χ1) is 18.0. The monoisotopic (exact) mass is 512 g/mol. The predicted molar refractivity (Wildman–Crippen MR) is 154 cm³/mol. The largest absolute Gasteiger partial charge is 0.493 e. The number of aromatic hydroxyl groups is 1. The molecule has 4 aromatic rings. The van der Waals surface area contributed by atoms with Crippen molar-refractivity contribution in [2.45, 2.75) is 39.8 Å². The number of rotatable bonds is 6. The van der Waals surface area contributed by atoms with E-state index in [1.54, 1.807) is 0 Å². The molecule has 7 heteroatoms. The molecule has 37 heavy (non-hydrogen) atoms. The average Bonchev–Trinajstić information content (AvgIpc) is 3.17. The Balaban J connectivity index is 1.29. The molecule has 0 radical (unpaired) electrons. The molecular weight excluding hydrogens is 478 g/mol. The van der Waals surface area contributed by atoms with Crippen LogP contribution in [0.5, 0.6) is 5.88 Å². The van der Waals surface area contributed by atoms with Gasteiger partial charge in [0.2, 0.25) is 11.0 Å². The zero-order valence-electron chi connectivity index (χ0n) is 21.4. The van der Waals surface area contributed by atoms with E-state index >= 15 is 0 Å². The first-order valence-electron chi connectivity index (χ1n) is 13.0. The first kappa shape index (κ1) is 25.1. The molecule has 0 saturated carbocycles. The lowest BCUT2D eigenvalue weighted by atomic mass is 9.90. The Bertz CT molecular complexity index is 1420. The van der Waals surface area contributed by atoms with E-state index in [1.807, 2.05) is 47.9 Å². The number of anilines is 1. The SMILES string of the molecule is Cc1cccc(NC(=S)N=Nc2c(O)n(C[NH+]3CCC(Cc4ccccc4)CC3)c3ccccc23)c1C. The van der Waals surface area contributed by atoms with Gasteiger partial charge in [0.1, 0.15) is 0 Å². The smallest absolute Gasteiger partial charge is 0.225 e. The third-order valence-electron chi connectivity index (χ3n) is 7.57. The lowest BCUT2D eigenvalue weighted by molar-refractivity contribution is -0.928. The number of para-hydroxylation sites is 1. The number of hydrogen-bond donors (Lipinski definition) is 3. The summed E-state index contributed by atoms with van der Waals surface area (Å²) < 4.78 is 1.97. The van der Waals surface area contributed by atoms with Gasteiger partial charge in [-0.3, -0.25) is 4.57 Å². The molecule has 5 rings (SSSR count). The fourth-order valence-corrected chi connectivity index (χ4v) is 5.42. The number of azo groups is 1. The number of nitrogens with one attached hydrogen (secondary N) is 2. The number of aromatic nitrogens is 1. The molecule has 1 saturated heterocycles. The molecule has 0 unspecified atom stereocenters. The zero-order chi connectivity index (χ0) is 25.8. The highest BCUT2D eigenvalue weighted by atomic mass is 32.1. The van der Waals surface area contributed by atoms with Crippen LogP contribution in [-0.2, 0) is 13.1 Å². The molecule has 0 aliphatic carbocycles. The Morgan fingerprint density at radius 1 is 1.00 bits per heavy atom. The van der Waals surface area contributed by atoms with Gasteiger partial charge >= 0.3 is 0 Å². The van der Waals surface area contributed by atoms with E-state index in [1.165, 1.54) is 28.9 Å². The number of likely N-dealkylation sites (tertiary alicyclic amines) is 1. The molecule has 190 valence electrons. The lowest BCUT2D eigenvalue weighted by Gasteiger charge is -2.29. The second kappa shape index (κ2) is 11.2. The first-order valence-corrected chi connectivity index (χ1v) is 13.4. The van der Waals surface area contributed by atoms with Crippen LogP contribution in [-0.4, -0.2) is 27.9 Å². The average molecular weight is 513 g/mol. The molecule has 0 atom stereocenters. The van der Waals surface area contributed by atoms with Crippen LogP contribution >= 0.6 is 12.2 Å². The summed E-state index contributed by atoms with van der Waals surface area (Å²) in [6.45, 7) is 6.98. The van der Waals surface area contributed by atoms with E-state index in [0.29, 0.717) is 12.4 Å². The predicted octanol–water partition coefficient (Wildman–Crippen LogP) is 5.94. The van der Waals surface area contributed by atoms with Crippen molar-refractivity contribution in [3.63, 3.8) is 0 Å². The van der Waals surface area contributed by atoms with Crippen molar-refractivity contribution in [2.75, 3.05) is 18.4 Å². The number of piperidine rings is 1. The molecule has 0 bridgehead atoms. The fourth-order valence-electron chi connectivity index (χ4n) is 5.27. The van der Waals surface area contributed by atoms with Crippen LogP contribution in [0.2, 0.25) is 0 Å². The minimum absolute atomic E-state index is 0.137. The summed E-state index contributed by atoms with van der Waals surface area (Å²) in [6, 6.07) is 24.7. The number of quaternary nitrogens is 1. The van der Waals surface area contributed by atoms with Crippen molar-refractivity contribution in [3.05, 3.63) is 89.5 Å². The van der Waals surface area contributed by atoms with Crippen molar-refractivity contribution in [2.24, 2.45) is 16.1 Å². The second-order valence-corrected chi connectivity index (χ2v) is 10.4. The van der Waals surface area contributed by atoms with Gasteiger partial charge in [-0.25, -0.2) is 0 Å². The highest BCUT2D eigenvalue weighted by molar-refractivity contribution is 7.80. The molecule has 1 aliphatic heterocycles. The van der Waals surface area contributed by atoms with Gasteiger partial charge in [0, 0.05) is 11.1 Å². The maximum atomic E-state index is 11.2. The summed E-state index contributed by atoms with van der Waals surface area (Å²) in [5.41, 5.74) is 6.05. The third-order valence-corrected chi connectivity index (χ3v) is 7.75. The summed E-state index contributed by atoms with van der Waals surface area (Å²) in [5.74, 6) is 0.856. The van der Waals surface area contributed by atoms with Gasteiger partial charge in [-0.2, -0.15) is 0 Å². The van der Waals surface area contributed by atoms with Crippen molar-refractivity contribution in [3.8, 4) is 5.88 Å². The number of fused-ring (bicyclic) bond motifs is 1. The Morgan fingerprint density at radius 3 is 2.51 bits per heavy atom. The zero-order valence-corrected chi connectivity index (χ0v) is 22.3. The van der Waals surface area contributed by atoms with E-state index in [9.17, 15) is 5.11 Å². The van der Waals surface area contributed by atoms with Gasteiger partial charge in [-0.15, -0.1) is 10.2 Å². The summed E-state index contributed by atoms with van der Waals surface area (Å²) in [4.78, 5) is 1.47. The number of hydrogen-bond acceptors (Lipinski definition) is 3. The molecule has 0 spiro atoms.